The van der Waals surface area contributed by atoms with Gasteiger partial charge in [-0.2, -0.15) is 5.26 Å². The molecule has 0 saturated heterocycles. The minimum Gasteiger partial charge on any atom is -0.477 e. The van der Waals surface area contributed by atoms with Crippen LogP contribution in [0.3, 0.4) is 0 Å². The monoisotopic (exact) mass is 281 g/mol. The van der Waals surface area contributed by atoms with Crippen molar-refractivity contribution in [2.24, 2.45) is 0 Å². The Morgan fingerprint density at radius 2 is 1.80 bits per heavy atom. The van der Waals surface area contributed by atoms with Crippen molar-refractivity contribution >= 4 is 11.9 Å². The highest BCUT2D eigenvalue weighted by molar-refractivity contribution is 5.90. The van der Waals surface area contributed by atoms with E-state index in [9.17, 15) is 9.59 Å². The van der Waals surface area contributed by atoms with E-state index in [1.54, 1.807) is 0 Å². The van der Waals surface area contributed by atoms with Crippen molar-refractivity contribution in [1.29, 1.82) is 5.26 Å². The molecule has 0 spiro atoms. The van der Waals surface area contributed by atoms with Crippen molar-refractivity contribution in [1.82, 2.24) is 0 Å². The molecule has 0 atom stereocenters. The van der Waals surface area contributed by atoms with E-state index in [0.29, 0.717) is 6.61 Å². The molecule has 112 valence electrons. The second-order valence-corrected chi connectivity index (χ2v) is 4.03. The van der Waals surface area contributed by atoms with E-state index in [-0.39, 0.29) is 5.97 Å². The zero-order chi connectivity index (χ0) is 15.8. The summed E-state index contributed by atoms with van der Waals surface area (Å²) in [6.45, 7) is 8.98. The van der Waals surface area contributed by atoms with Crippen molar-refractivity contribution in [3.63, 3.8) is 0 Å². The molecule has 0 bridgehead atoms. The molecule has 0 heterocycles. The van der Waals surface area contributed by atoms with Gasteiger partial charge in [0.25, 0.3) is 0 Å². The highest BCUT2D eigenvalue weighted by atomic mass is 16.5. The van der Waals surface area contributed by atoms with Crippen LogP contribution < -0.4 is 0 Å². The zero-order valence-electron chi connectivity index (χ0n) is 12.1. The lowest BCUT2D eigenvalue weighted by atomic mass is 10.1. The van der Waals surface area contributed by atoms with Gasteiger partial charge in [-0.1, -0.05) is 52.2 Å². The summed E-state index contributed by atoms with van der Waals surface area (Å²) in [7, 11) is 0. The van der Waals surface area contributed by atoms with Gasteiger partial charge in [-0.15, -0.1) is 0 Å². The molecule has 0 rings (SSSR count). The zero-order valence-corrected chi connectivity index (χ0v) is 12.1. The molecule has 0 aliphatic carbocycles. The fourth-order valence-electron chi connectivity index (χ4n) is 1.16. The lowest BCUT2D eigenvalue weighted by Crippen LogP contribution is -2.01. The summed E-state index contributed by atoms with van der Waals surface area (Å²) in [6, 6.07) is 1.37. The SMILES string of the molecule is C=C(C#N)C(=O)O.C=CC(=O)OCCCCCCCC. The Labute approximate surface area is 120 Å². The molecule has 0 saturated carbocycles. The minimum absolute atomic E-state index is 0.312. The maximum atomic E-state index is 10.6. The predicted molar refractivity (Wildman–Crippen MR) is 76.9 cm³/mol. The first-order valence-electron chi connectivity index (χ1n) is 6.61. The van der Waals surface area contributed by atoms with Gasteiger partial charge in [0.05, 0.1) is 6.61 Å². The third-order valence-electron chi connectivity index (χ3n) is 2.30. The van der Waals surface area contributed by atoms with Gasteiger partial charge >= 0.3 is 11.9 Å². The number of carboxylic acid groups (broad SMARTS) is 1. The number of hydrogen-bond donors (Lipinski definition) is 1. The number of rotatable bonds is 9. The van der Waals surface area contributed by atoms with Crippen LogP contribution in [0.1, 0.15) is 45.4 Å². The highest BCUT2D eigenvalue weighted by Gasteiger charge is 1.97. The fraction of sp³-hybridized carbons (Fsp3) is 0.533. The standard InChI is InChI=1S/C11H20O2.C4H3NO2/c1-3-5-6-7-8-9-10-13-11(12)4-2;1-3(2-5)4(6)7/h4H,2-3,5-10H2,1H3;1H2,(H,6,7). The minimum atomic E-state index is -1.26. The van der Waals surface area contributed by atoms with Gasteiger partial charge in [0, 0.05) is 6.08 Å². The molecule has 0 aliphatic rings. The fourth-order valence-corrected chi connectivity index (χ4v) is 1.16. The number of hydrogen-bond acceptors (Lipinski definition) is 4. The Morgan fingerprint density at radius 3 is 2.20 bits per heavy atom. The van der Waals surface area contributed by atoms with Gasteiger partial charge in [0.15, 0.2) is 0 Å². The van der Waals surface area contributed by atoms with Crippen LogP contribution in [-0.4, -0.2) is 23.7 Å². The third kappa shape index (κ3) is 15.9. The van der Waals surface area contributed by atoms with Crippen LogP contribution in [0.15, 0.2) is 24.8 Å². The van der Waals surface area contributed by atoms with Gasteiger partial charge in [0.1, 0.15) is 11.6 Å². The van der Waals surface area contributed by atoms with E-state index in [0.717, 1.165) is 12.8 Å². The van der Waals surface area contributed by atoms with Crippen LogP contribution in [0.2, 0.25) is 0 Å². The summed E-state index contributed by atoms with van der Waals surface area (Å²) >= 11 is 0. The largest absolute Gasteiger partial charge is 0.477 e. The quantitative estimate of drug-likeness (QED) is 0.303. The van der Waals surface area contributed by atoms with Crippen LogP contribution >= 0.6 is 0 Å². The number of carboxylic acids is 1. The van der Waals surface area contributed by atoms with E-state index in [2.05, 4.69) is 20.1 Å². The molecule has 0 unspecified atom stereocenters. The maximum Gasteiger partial charge on any atom is 0.345 e. The summed E-state index contributed by atoms with van der Waals surface area (Å²) < 4.78 is 4.84. The Bertz CT molecular complexity index is 355. The smallest absolute Gasteiger partial charge is 0.345 e. The molecule has 0 aromatic carbocycles. The van der Waals surface area contributed by atoms with Gasteiger partial charge < -0.3 is 9.84 Å². The first-order chi connectivity index (χ1) is 9.49. The number of esters is 1. The van der Waals surface area contributed by atoms with E-state index in [4.69, 9.17) is 15.1 Å². The van der Waals surface area contributed by atoms with E-state index < -0.39 is 11.5 Å². The average molecular weight is 281 g/mol. The van der Waals surface area contributed by atoms with E-state index >= 15 is 0 Å². The van der Waals surface area contributed by atoms with Crippen molar-refractivity contribution in [2.75, 3.05) is 6.61 Å². The number of carbonyl (C=O) groups excluding carboxylic acids is 1. The van der Waals surface area contributed by atoms with Crippen LogP contribution in [0.4, 0.5) is 0 Å². The molecule has 20 heavy (non-hydrogen) atoms. The molecule has 0 aliphatic heterocycles. The van der Waals surface area contributed by atoms with Gasteiger partial charge in [-0.05, 0) is 6.42 Å². The van der Waals surface area contributed by atoms with Crippen LogP contribution in [0, 0.1) is 11.3 Å². The summed E-state index contributed by atoms with van der Waals surface area (Å²) in [5, 5.41) is 15.6. The number of ether oxygens (including phenoxy) is 1. The molecule has 1 N–H and O–H groups in total. The first-order valence-corrected chi connectivity index (χ1v) is 6.61. The number of carbonyl (C=O) groups is 2. The highest BCUT2D eigenvalue weighted by Crippen LogP contribution is 2.04. The van der Waals surface area contributed by atoms with Crippen LogP contribution in [-0.2, 0) is 14.3 Å². The lowest BCUT2D eigenvalue weighted by Gasteiger charge is -2.01. The van der Waals surface area contributed by atoms with Gasteiger partial charge in [0.2, 0.25) is 0 Å². The Morgan fingerprint density at radius 1 is 1.25 bits per heavy atom. The van der Waals surface area contributed by atoms with Crippen LogP contribution in [0.25, 0.3) is 0 Å². The lowest BCUT2D eigenvalue weighted by molar-refractivity contribution is -0.138. The van der Waals surface area contributed by atoms with E-state index in [1.165, 1.54) is 37.8 Å². The molecule has 0 fully saturated rings. The Hall–Kier alpha value is -2.09. The summed E-state index contributed by atoms with van der Waals surface area (Å²) in [5.41, 5.74) is -0.431. The summed E-state index contributed by atoms with van der Waals surface area (Å²) in [5.74, 6) is -1.57. The molecular weight excluding hydrogens is 258 g/mol. The van der Waals surface area contributed by atoms with Crippen molar-refractivity contribution in [3.05, 3.63) is 24.8 Å². The normalized spacial score (nSPS) is 8.60. The average Bonchev–Trinajstić information content (AvgIpc) is 2.45. The molecule has 0 aromatic rings. The Balaban J connectivity index is 0. The molecule has 0 aromatic heterocycles. The third-order valence-corrected chi connectivity index (χ3v) is 2.30. The maximum absolute atomic E-state index is 10.6. The van der Waals surface area contributed by atoms with Gasteiger partial charge in [-0.3, -0.25) is 0 Å². The summed E-state index contributed by atoms with van der Waals surface area (Å²) in [6.07, 6.45) is 8.47. The topological polar surface area (TPSA) is 87.4 Å². The second kappa shape index (κ2) is 15.0. The van der Waals surface area contributed by atoms with Crippen molar-refractivity contribution in [2.45, 2.75) is 45.4 Å². The summed E-state index contributed by atoms with van der Waals surface area (Å²) in [4.78, 5) is 20.2. The number of aliphatic carboxylic acids is 1. The van der Waals surface area contributed by atoms with Gasteiger partial charge in [-0.25, -0.2) is 9.59 Å². The number of nitriles is 1. The Kier molecular flexibility index (Phi) is 15.1. The first kappa shape index (κ1) is 20.2. The van der Waals surface area contributed by atoms with Crippen molar-refractivity contribution in [3.8, 4) is 6.07 Å². The number of nitrogens with zero attached hydrogens (tertiary/aromatic N) is 1. The molecule has 0 amide bonds. The second-order valence-electron chi connectivity index (χ2n) is 4.03. The molecule has 5 heteroatoms. The van der Waals surface area contributed by atoms with Crippen LogP contribution in [0.5, 0.6) is 0 Å². The molecule has 0 radical (unpaired) electrons. The molecule has 5 nitrogen and oxygen atoms in total. The van der Waals surface area contributed by atoms with Crippen molar-refractivity contribution < 1.29 is 19.4 Å². The molecular formula is C15H23NO4. The number of unbranched alkanes of at least 4 members (excludes halogenated alkanes) is 5. The van der Waals surface area contributed by atoms with E-state index in [1.807, 2.05) is 0 Å². The predicted octanol–water partition coefficient (Wildman–Crippen LogP) is 3.23.